The number of anilines is 1. The Balaban J connectivity index is 0.00000208. The molecule has 1 N–H and O–H groups in total. The maximum Gasteiger partial charge on any atom is 0.404 e. The van der Waals surface area contributed by atoms with E-state index in [0.717, 1.165) is 29.8 Å². The van der Waals surface area contributed by atoms with E-state index in [1.165, 1.54) is 4.90 Å². The molecule has 1 aromatic rings. The van der Waals surface area contributed by atoms with Gasteiger partial charge >= 0.3 is 12.4 Å². The first-order valence-electron chi connectivity index (χ1n) is 7.34. The van der Waals surface area contributed by atoms with Crippen molar-refractivity contribution in [3.63, 3.8) is 0 Å². The molecule has 0 amide bonds. The molecule has 0 atom stereocenters. The molecule has 1 fully saturated rings. The van der Waals surface area contributed by atoms with Crippen LogP contribution in [0.5, 0.6) is 0 Å². The molecule has 0 aliphatic carbocycles. The average Bonchev–Trinajstić information content (AvgIpc) is 3.03. The van der Waals surface area contributed by atoms with E-state index >= 15 is 0 Å². The highest BCUT2D eigenvalue weighted by atomic mass is 35.5. The Hall–Kier alpha value is -1.15. The number of benzene rings is 1. The van der Waals surface area contributed by atoms with E-state index < -0.39 is 30.7 Å². The summed E-state index contributed by atoms with van der Waals surface area (Å²) in [6, 6.07) is 5.45. The molecular weight excluding hydrogens is 358 g/mol. The maximum atomic E-state index is 13.1. The molecule has 2 heterocycles. The minimum Gasteiger partial charge on any atom is -0.384 e. The number of nitrogens with one attached hydrogen (secondary N) is 1. The number of hydrogen-bond acceptors (Lipinski definition) is 2. The Labute approximate surface area is 141 Å². The summed E-state index contributed by atoms with van der Waals surface area (Å²) in [5, 5.41) is 3.15. The number of likely N-dealkylation sites (tertiary alicyclic amines) is 1. The fraction of sp³-hybridized carbons (Fsp3) is 0.600. The molecule has 0 saturated carbocycles. The first kappa shape index (κ1) is 19.2. The largest absolute Gasteiger partial charge is 0.404 e. The topological polar surface area (TPSA) is 15.3 Å². The molecule has 0 radical (unpaired) electrons. The second kappa shape index (κ2) is 6.29. The lowest BCUT2D eigenvalue weighted by atomic mass is 9.85. The van der Waals surface area contributed by atoms with E-state index in [-0.39, 0.29) is 25.5 Å². The summed E-state index contributed by atoms with van der Waals surface area (Å²) in [7, 11) is 0. The van der Waals surface area contributed by atoms with Crippen molar-refractivity contribution in [3.05, 3.63) is 29.3 Å². The maximum absolute atomic E-state index is 13.1. The monoisotopic (exact) mass is 374 g/mol. The average molecular weight is 375 g/mol. The Bertz CT molecular complexity index is 585. The molecule has 24 heavy (non-hydrogen) atoms. The summed E-state index contributed by atoms with van der Waals surface area (Å²) in [5.41, 5.74) is -0.963. The van der Waals surface area contributed by atoms with Crippen LogP contribution in [0.2, 0.25) is 0 Å². The molecule has 0 aromatic heterocycles. The summed E-state index contributed by atoms with van der Waals surface area (Å²) in [6.45, 7) is -0.433. The lowest BCUT2D eigenvalue weighted by Gasteiger charge is -2.33. The van der Waals surface area contributed by atoms with E-state index in [2.05, 4.69) is 5.32 Å². The van der Waals surface area contributed by atoms with Gasteiger partial charge in [0.25, 0.3) is 0 Å². The first-order chi connectivity index (χ1) is 10.6. The van der Waals surface area contributed by atoms with Crippen molar-refractivity contribution in [2.75, 3.05) is 25.0 Å². The Morgan fingerprint density at radius 3 is 2.33 bits per heavy atom. The second-order valence-electron chi connectivity index (χ2n) is 6.17. The van der Waals surface area contributed by atoms with Crippen molar-refractivity contribution in [1.82, 2.24) is 4.90 Å². The predicted octanol–water partition coefficient (Wildman–Crippen LogP) is 4.39. The predicted molar refractivity (Wildman–Crippen MR) is 80.3 cm³/mol. The SMILES string of the molecule is Cl.FC(F)(F)C1(C(F)(F)F)CCN(Cc2cccc3c2NCC3)C1. The lowest BCUT2D eigenvalue weighted by molar-refractivity contribution is -0.335. The molecule has 0 spiro atoms. The zero-order valence-corrected chi connectivity index (χ0v) is 13.4. The van der Waals surface area contributed by atoms with E-state index in [0.29, 0.717) is 0 Å². The molecule has 2 nitrogen and oxygen atoms in total. The summed E-state index contributed by atoms with van der Waals surface area (Å²) in [5.74, 6) is 0. The Kier molecular flexibility index (Phi) is 5.03. The molecule has 9 heteroatoms. The van der Waals surface area contributed by atoms with Gasteiger partial charge in [0.15, 0.2) is 5.41 Å². The van der Waals surface area contributed by atoms with Crippen molar-refractivity contribution >= 4 is 18.1 Å². The number of rotatable bonds is 2. The number of para-hydroxylation sites is 1. The van der Waals surface area contributed by atoms with E-state index in [1.807, 2.05) is 6.07 Å². The van der Waals surface area contributed by atoms with Crippen LogP contribution in [0.15, 0.2) is 18.2 Å². The van der Waals surface area contributed by atoms with Crippen molar-refractivity contribution < 1.29 is 26.3 Å². The van der Waals surface area contributed by atoms with Crippen LogP contribution < -0.4 is 5.32 Å². The quantitative estimate of drug-likeness (QED) is 0.772. The molecule has 1 aromatic carbocycles. The van der Waals surface area contributed by atoms with E-state index in [9.17, 15) is 26.3 Å². The number of halogens is 7. The van der Waals surface area contributed by atoms with Crippen LogP contribution >= 0.6 is 12.4 Å². The van der Waals surface area contributed by atoms with E-state index in [4.69, 9.17) is 0 Å². The van der Waals surface area contributed by atoms with Gasteiger partial charge in [0.1, 0.15) is 0 Å². The third-order valence-electron chi connectivity index (χ3n) is 4.76. The highest BCUT2D eigenvalue weighted by Gasteiger charge is 2.72. The summed E-state index contributed by atoms with van der Waals surface area (Å²) >= 11 is 0. The molecule has 3 rings (SSSR count). The van der Waals surface area contributed by atoms with Crippen LogP contribution in [0.4, 0.5) is 32.0 Å². The van der Waals surface area contributed by atoms with Crippen molar-refractivity contribution in [1.29, 1.82) is 0 Å². The minimum absolute atomic E-state index is 0. The summed E-state index contributed by atoms with van der Waals surface area (Å²) < 4.78 is 78.5. The first-order valence-corrected chi connectivity index (χ1v) is 7.34. The Morgan fingerprint density at radius 2 is 1.75 bits per heavy atom. The lowest BCUT2D eigenvalue weighted by Crippen LogP contribution is -2.51. The zero-order valence-electron chi connectivity index (χ0n) is 12.6. The number of nitrogens with zero attached hydrogens (tertiary/aromatic N) is 1. The molecule has 136 valence electrons. The van der Waals surface area contributed by atoms with Crippen LogP contribution in [0.1, 0.15) is 17.5 Å². The molecule has 2 aliphatic heterocycles. The third kappa shape index (κ3) is 3.06. The number of alkyl halides is 6. The molecule has 0 bridgehead atoms. The molecular formula is C15H17ClF6N2. The van der Waals surface area contributed by atoms with Gasteiger partial charge < -0.3 is 5.32 Å². The van der Waals surface area contributed by atoms with Gasteiger partial charge in [-0.25, -0.2) is 0 Å². The smallest absolute Gasteiger partial charge is 0.384 e. The summed E-state index contributed by atoms with van der Waals surface area (Å²) in [4.78, 5) is 1.25. The summed E-state index contributed by atoms with van der Waals surface area (Å²) in [6.07, 6.45) is -10.7. The fourth-order valence-electron chi connectivity index (χ4n) is 3.43. The minimum atomic E-state index is -5.29. The van der Waals surface area contributed by atoms with E-state index in [1.54, 1.807) is 12.1 Å². The standard InChI is InChI=1S/C15H16F6N2.ClH/c16-14(17,18)13(15(19,20)21)5-7-23(9-13)8-11-3-1-2-10-4-6-22-12(10)11;/h1-3,22H,4-9H2;1H. The van der Waals surface area contributed by atoms with Gasteiger partial charge in [-0.05, 0) is 30.5 Å². The highest BCUT2D eigenvalue weighted by Crippen LogP contribution is 2.55. The van der Waals surface area contributed by atoms with Crippen LogP contribution in [0.3, 0.4) is 0 Å². The van der Waals surface area contributed by atoms with Gasteiger partial charge in [-0.1, -0.05) is 18.2 Å². The van der Waals surface area contributed by atoms with Crippen LogP contribution in [-0.4, -0.2) is 36.9 Å². The zero-order chi connectivity index (χ0) is 16.9. The van der Waals surface area contributed by atoms with Crippen molar-refractivity contribution in [3.8, 4) is 0 Å². The molecule has 2 aliphatic rings. The fourth-order valence-corrected chi connectivity index (χ4v) is 3.43. The highest BCUT2D eigenvalue weighted by molar-refractivity contribution is 5.85. The second-order valence-corrected chi connectivity index (χ2v) is 6.17. The number of hydrogen-bond donors (Lipinski definition) is 1. The van der Waals surface area contributed by atoms with Gasteiger partial charge in [-0.3, -0.25) is 4.90 Å². The molecule has 0 unspecified atom stereocenters. The van der Waals surface area contributed by atoms with Crippen molar-refractivity contribution in [2.45, 2.75) is 31.7 Å². The molecule has 1 saturated heterocycles. The van der Waals surface area contributed by atoms with Gasteiger partial charge in [-0.2, -0.15) is 26.3 Å². The number of fused-ring (bicyclic) bond motifs is 1. The normalized spacial score (nSPS) is 20.4. The Morgan fingerprint density at radius 1 is 1.08 bits per heavy atom. The van der Waals surface area contributed by atoms with Crippen LogP contribution in [-0.2, 0) is 13.0 Å². The van der Waals surface area contributed by atoms with Crippen LogP contribution in [0.25, 0.3) is 0 Å². The van der Waals surface area contributed by atoms with Crippen molar-refractivity contribution in [2.24, 2.45) is 5.41 Å². The van der Waals surface area contributed by atoms with Gasteiger partial charge in [0.2, 0.25) is 0 Å². The van der Waals surface area contributed by atoms with Gasteiger partial charge in [0.05, 0.1) is 0 Å². The van der Waals surface area contributed by atoms with Gasteiger partial charge in [0, 0.05) is 25.3 Å². The van der Waals surface area contributed by atoms with Gasteiger partial charge in [-0.15, -0.1) is 12.4 Å². The third-order valence-corrected chi connectivity index (χ3v) is 4.76. The van der Waals surface area contributed by atoms with Crippen LogP contribution in [0, 0.1) is 5.41 Å².